The summed E-state index contributed by atoms with van der Waals surface area (Å²) in [6, 6.07) is 15.4. The quantitative estimate of drug-likeness (QED) is 0.437. The molecule has 7 nitrogen and oxygen atoms in total. The van der Waals surface area contributed by atoms with Gasteiger partial charge in [0.05, 0.1) is 0 Å². The van der Waals surface area contributed by atoms with E-state index in [-0.39, 0.29) is 24.9 Å². The van der Waals surface area contributed by atoms with Gasteiger partial charge in [0.1, 0.15) is 12.6 Å². The van der Waals surface area contributed by atoms with Gasteiger partial charge in [-0.05, 0) is 61.0 Å². The van der Waals surface area contributed by atoms with Crippen LogP contribution in [0.3, 0.4) is 0 Å². The molecule has 0 heterocycles. The molecule has 0 aliphatic heterocycles. The summed E-state index contributed by atoms with van der Waals surface area (Å²) in [6.45, 7) is 3.83. The number of hydrogen-bond acceptors (Lipinski definition) is 5. The molecule has 0 fully saturated rings. The highest BCUT2D eigenvalue weighted by Gasteiger charge is 2.30. The lowest BCUT2D eigenvalue weighted by atomic mass is 9.98. The van der Waals surface area contributed by atoms with Gasteiger partial charge in [0.25, 0.3) is 0 Å². The number of benzene rings is 2. The monoisotopic (exact) mass is 484 g/mol. The van der Waals surface area contributed by atoms with Crippen LogP contribution < -0.4 is 10.6 Å². The van der Waals surface area contributed by atoms with Crippen LogP contribution in [0.15, 0.2) is 48.5 Å². The Kier molecular flexibility index (Phi) is 8.61. The van der Waals surface area contributed by atoms with Crippen molar-refractivity contribution in [3.63, 3.8) is 0 Å². The van der Waals surface area contributed by atoms with Crippen molar-refractivity contribution in [2.45, 2.75) is 50.6 Å². The van der Waals surface area contributed by atoms with E-state index in [0.29, 0.717) is 18.6 Å². The van der Waals surface area contributed by atoms with Gasteiger partial charge in [0.2, 0.25) is 5.91 Å². The minimum atomic E-state index is -1.04. The number of aliphatic carboxylic acids is 1. The van der Waals surface area contributed by atoms with E-state index in [1.807, 2.05) is 44.4 Å². The third-order valence-corrected chi connectivity index (χ3v) is 6.65. The lowest BCUT2D eigenvalue weighted by molar-refractivity contribution is -0.141. The number of carboxylic acid groups (broad SMARTS) is 1. The number of nitrogens with one attached hydrogen (secondary N) is 2. The van der Waals surface area contributed by atoms with Crippen LogP contribution in [0.1, 0.15) is 50.2 Å². The van der Waals surface area contributed by atoms with Crippen molar-refractivity contribution in [2.24, 2.45) is 0 Å². The molecule has 3 rings (SSSR count). The molecule has 182 valence electrons. The van der Waals surface area contributed by atoms with E-state index in [4.69, 9.17) is 4.74 Å². The van der Waals surface area contributed by atoms with Crippen molar-refractivity contribution >= 4 is 29.7 Å². The molecule has 1 atom stereocenters. The predicted octanol–water partition coefficient (Wildman–Crippen LogP) is 4.41. The van der Waals surface area contributed by atoms with E-state index in [0.717, 1.165) is 22.3 Å². The lowest BCUT2D eigenvalue weighted by Gasteiger charge is -2.26. The molecule has 0 spiro atoms. The number of amides is 2. The minimum Gasteiger partial charge on any atom is -0.480 e. The van der Waals surface area contributed by atoms with Crippen LogP contribution in [-0.4, -0.2) is 53.3 Å². The van der Waals surface area contributed by atoms with Crippen LogP contribution in [0.5, 0.6) is 0 Å². The molecule has 0 saturated heterocycles. The fourth-order valence-electron chi connectivity index (χ4n) is 4.16. The molecule has 1 unspecified atom stereocenters. The van der Waals surface area contributed by atoms with Crippen LogP contribution in [0.4, 0.5) is 4.79 Å². The predicted molar refractivity (Wildman–Crippen MR) is 134 cm³/mol. The molecule has 8 heteroatoms. The van der Waals surface area contributed by atoms with Gasteiger partial charge in [0, 0.05) is 17.9 Å². The van der Waals surface area contributed by atoms with Crippen LogP contribution in [-0.2, 0) is 14.3 Å². The van der Waals surface area contributed by atoms with E-state index >= 15 is 0 Å². The second-order valence-corrected chi connectivity index (χ2v) is 10.1. The molecule has 0 saturated carbocycles. The summed E-state index contributed by atoms with van der Waals surface area (Å²) in [4.78, 5) is 36.1. The number of ether oxygens (including phenoxy) is 1. The summed E-state index contributed by atoms with van der Waals surface area (Å²) in [5.74, 6) is -0.776. The molecule has 0 bridgehead atoms. The van der Waals surface area contributed by atoms with Gasteiger partial charge in [-0.3, -0.25) is 4.79 Å². The zero-order chi connectivity index (χ0) is 24.7. The molecule has 34 heavy (non-hydrogen) atoms. The molecular weight excluding hydrogens is 452 g/mol. The van der Waals surface area contributed by atoms with E-state index in [9.17, 15) is 19.5 Å². The Bertz CT molecular complexity index is 994. The Morgan fingerprint density at radius 2 is 1.65 bits per heavy atom. The molecule has 0 radical (unpaired) electrons. The number of carbonyl (C=O) groups is 3. The maximum absolute atomic E-state index is 12.6. The van der Waals surface area contributed by atoms with Crippen LogP contribution in [0.25, 0.3) is 11.1 Å². The molecule has 2 amide bonds. The van der Waals surface area contributed by atoms with Crippen LogP contribution in [0, 0.1) is 0 Å². The van der Waals surface area contributed by atoms with Gasteiger partial charge in [0.15, 0.2) is 0 Å². The zero-order valence-electron chi connectivity index (χ0n) is 19.8. The normalized spacial score (nSPS) is 13.5. The van der Waals surface area contributed by atoms with Crippen molar-refractivity contribution in [1.29, 1.82) is 0 Å². The third-order valence-electron chi connectivity index (χ3n) is 6.01. The maximum atomic E-state index is 12.6. The van der Waals surface area contributed by atoms with Crippen molar-refractivity contribution in [3.8, 4) is 11.1 Å². The van der Waals surface area contributed by atoms with Crippen molar-refractivity contribution in [1.82, 2.24) is 10.6 Å². The van der Waals surface area contributed by atoms with Crippen molar-refractivity contribution < 1.29 is 24.2 Å². The summed E-state index contributed by atoms with van der Waals surface area (Å²) in [5.41, 5.74) is 3.91. The van der Waals surface area contributed by atoms with Crippen molar-refractivity contribution in [2.75, 3.05) is 18.6 Å². The van der Waals surface area contributed by atoms with Crippen LogP contribution in [0.2, 0.25) is 0 Å². The second kappa shape index (κ2) is 11.4. The molecule has 2 aromatic rings. The number of alkyl carbamates (subject to hydrolysis) is 1. The Labute approximate surface area is 204 Å². The largest absolute Gasteiger partial charge is 0.480 e. The lowest BCUT2D eigenvalue weighted by Crippen LogP contribution is -2.46. The van der Waals surface area contributed by atoms with E-state index in [2.05, 4.69) is 34.9 Å². The Balaban J connectivity index is 1.51. The number of carboxylic acids is 1. The molecule has 3 N–H and O–H groups in total. The highest BCUT2D eigenvalue weighted by molar-refractivity contribution is 7.98. The first-order chi connectivity index (χ1) is 16.2. The average molecular weight is 485 g/mol. The number of rotatable bonds is 11. The minimum absolute atomic E-state index is 0.0266. The van der Waals surface area contributed by atoms with Gasteiger partial charge in [-0.2, -0.15) is 11.8 Å². The number of thioether (sulfide) groups is 1. The van der Waals surface area contributed by atoms with Crippen LogP contribution >= 0.6 is 11.8 Å². The van der Waals surface area contributed by atoms with Crippen molar-refractivity contribution in [3.05, 3.63) is 59.7 Å². The fraction of sp³-hybridized carbons (Fsp3) is 0.423. The van der Waals surface area contributed by atoms with Gasteiger partial charge in [-0.1, -0.05) is 48.5 Å². The van der Waals surface area contributed by atoms with Gasteiger partial charge in [-0.25, -0.2) is 9.59 Å². The SMILES string of the molecule is CSCCC(NC(=O)CCC(C)(C)NC(=O)OCC1c2ccccc2-c2ccccc21)C(=O)O. The summed E-state index contributed by atoms with van der Waals surface area (Å²) in [7, 11) is 0. The summed E-state index contributed by atoms with van der Waals surface area (Å²) < 4.78 is 5.59. The average Bonchev–Trinajstić information content (AvgIpc) is 3.12. The molecule has 1 aliphatic rings. The topological polar surface area (TPSA) is 105 Å². The van der Waals surface area contributed by atoms with E-state index in [1.165, 1.54) is 11.8 Å². The smallest absolute Gasteiger partial charge is 0.407 e. The first kappa shape index (κ1) is 25.6. The highest BCUT2D eigenvalue weighted by atomic mass is 32.2. The molecular formula is C26H32N2O5S. The van der Waals surface area contributed by atoms with E-state index in [1.54, 1.807) is 0 Å². The van der Waals surface area contributed by atoms with Gasteiger partial charge >= 0.3 is 12.1 Å². The number of carbonyl (C=O) groups excluding carboxylic acids is 2. The standard InChI is InChI=1S/C26H32N2O5S/c1-26(2,14-12-23(29)27-22(24(30)31)13-15-34-3)28-25(32)33-16-21-19-10-6-4-8-17(19)18-9-5-7-11-20(18)21/h4-11,21-22H,12-16H2,1-3H3,(H,27,29)(H,28,32)(H,30,31). The van der Waals surface area contributed by atoms with Gasteiger partial charge < -0.3 is 20.5 Å². The number of hydrogen-bond donors (Lipinski definition) is 3. The molecule has 0 aromatic heterocycles. The summed E-state index contributed by atoms with van der Waals surface area (Å²) >= 11 is 1.53. The summed E-state index contributed by atoms with van der Waals surface area (Å²) in [5, 5.41) is 14.7. The van der Waals surface area contributed by atoms with Gasteiger partial charge in [-0.15, -0.1) is 0 Å². The zero-order valence-corrected chi connectivity index (χ0v) is 20.6. The fourth-order valence-corrected chi connectivity index (χ4v) is 4.63. The second-order valence-electron chi connectivity index (χ2n) is 9.07. The highest BCUT2D eigenvalue weighted by Crippen LogP contribution is 2.44. The Hall–Kier alpha value is -3.00. The van der Waals surface area contributed by atoms with E-state index < -0.39 is 23.6 Å². The maximum Gasteiger partial charge on any atom is 0.407 e. The Morgan fingerprint density at radius 3 is 2.21 bits per heavy atom. The molecule has 1 aliphatic carbocycles. The first-order valence-corrected chi connectivity index (χ1v) is 12.8. The summed E-state index contributed by atoms with van der Waals surface area (Å²) in [6.07, 6.45) is 2.15. The number of fused-ring (bicyclic) bond motifs is 3. The first-order valence-electron chi connectivity index (χ1n) is 11.4. The third kappa shape index (κ3) is 6.53. The Morgan fingerprint density at radius 1 is 1.06 bits per heavy atom. The molecule has 2 aromatic carbocycles.